The number of rotatable bonds is 4. The highest BCUT2D eigenvalue weighted by Crippen LogP contribution is 2.31. The fraction of sp³-hybridized carbons (Fsp3) is 0.727. The molecule has 0 atom stereocenters. The number of aromatic nitrogens is 3. The molecule has 0 spiro atoms. The third kappa shape index (κ3) is 2.23. The molecule has 0 radical (unpaired) electrons. The van der Waals surface area contributed by atoms with Crippen molar-refractivity contribution in [1.29, 1.82) is 0 Å². The summed E-state index contributed by atoms with van der Waals surface area (Å²) in [6.07, 6.45) is 5.44. The molecule has 0 unspecified atom stereocenters. The number of nitrogens with zero attached hydrogens (tertiary/aromatic N) is 3. The van der Waals surface area contributed by atoms with Gasteiger partial charge in [-0.15, -0.1) is 10.2 Å². The second-order valence-electron chi connectivity index (χ2n) is 4.37. The Morgan fingerprint density at radius 1 is 1.44 bits per heavy atom. The maximum absolute atomic E-state index is 10.6. The summed E-state index contributed by atoms with van der Waals surface area (Å²) in [5.41, 5.74) is 0. The van der Waals surface area contributed by atoms with E-state index in [9.17, 15) is 4.79 Å². The largest absolute Gasteiger partial charge is 0.481 e. The van der Waals surface area contributed by atoms with E-state index < -0.39 is 5.97 Å². The molecule has 1 aliphatic rings. The SMILES string of the molecule is Cc1nnc(CCC(=O)O)n1C1CCCC1. The van der Waals surface area contributed by atoms with Gasteiger partial charge >= 0.3 is 5.97 Å². The lowest BCUT2D eigenvalue weighted by Crippen LogP contribution is -2.12. The average molecular weight is 223 g/mol. The first-order valence-corrected chi connectivity index (χ1v) is 5.80. The molecular weight excluding hydrogens is 206 g/mol. The van der Waals surface area contributed by atoms with Gasteiger partial charge in [0.2, 0.25) is 0 Å². The van der Waals surface area contributed by atoms with Crippen molar-refractivity contribution in [2.75, 3.05) is 0 Å². The van der Waals surface area contributed by atoms with E-state index in [1.165, 1.54) is 25.7 Å². The fourth-order valence-corrected chi connectivity index (χ4v) is 2.44. The summed E-state index contributed by atoms with van der Waals surface area (Å²) in [6, 6.07) is 0.485. The lowest BCUT2D eigenvalue weighted by molar-refractivity contribution is -0.137. The van der Waals surface area contributed by atoms with Crippen molar-refractivity contribution in [1.82, 2.24) is 14.8 Å². The molecule has 5 heteroatoms. The van der Waals surface area contributed by atoms with E-state index in [0.29, 0.717) is 12.5 Å². The molecule has 88 valence electrons. The Kier molecular flexibility index (Phi) is 3.22. The quantitative estimate of drug-likeness (QED) is 0.843. The zero-order valence-electron chi connectivity index (χ0n) is 9.52. The van der Waals surface area contributed by atoms with E-state index in [-0.39, 0.29) is 6.42 Å². The summed E-state index contributed by atoms with van der Waals surface area (Å²) in [4.78, 5) is 10.6. The number of aryl methyl sites for hydroxylation is 2. The van der Waals surface area contributed by atoms with Gasteiger partial charge in [-0.25, -0.2) is 0 Å². The molecule has 0 bridgehead atoms. The van der Waals surface area contributed by atoms with E-state index in [2.05, 4.69) is 14.8 Å². The summed E-state index contributed by atoms with van der Waals surface area (Å²) < 4.78 is 2.13. The Morgan fingerprint density at radius 3 is 2.75 bits per heavy atom. The zero-order chi connectivity index (χ0) is 11.5. The van der Waals surface area contributed by atoms with Crippen LogP contribution in [0.15, 0.2) is 0 Å². The van der Waals surface area contributed by atoms with Gasteiger partial charge in [0.05, 0.1) is 6.42 Å². The maximum atomic E-state index is 10.6. The zero-order valence-corrected chi connectivity index (χ0v) is 9.52. The van der Waals surface area contributed by atoms with Crippen molar-refractivity contribution in [3.05, 3.63) is 11.6 Å². The van der Waals surface area contributed by atoms with E-state index in [1.807, 2.05) is 6.92 Å². The Labute approximate surface area is 94.5 Å². The highest BCUT2D eigenvalue weighted by Gasteiger charge is 2.22. The molecular formula is C11H17N3O2. The Morgan fingerprint density at radius 2 is 2.12 bits per heavy atom. The number of carboxylic acid groups (broad SMARTS) is 1. The molecule has 1 fully saturated rings. The van der Waals surface area contributed by atoms with Crippen LogP contribution in [0.25, 0.3) is 0 Å². The maximum Gasteiger partial charge on any atom is 0.303 e. The minimum absolute atomic E-state index is 0.130. The molecule has 1 saturated carbocycles. The first-order valence-electron chi connectivity index (χ1n) is 5.80. The summed E-state index contributed by atoms with van der Waals surface area (Å²) in [6.45, 7) is 1.94. The number of carboxylic acids is 1. The fourth-order valence-electron chi connectivity index (χ4n) is 2.44. The highest BCUT2D eigenvalue weighted by molar-refractivity contribution is 5.66. The summed E-state index contributed by atoms with van der Waals surface area (Å²) in [5.74, 6) is 0.956. The van der Waals surface area contributed by atoms with Crippen LogP contribution in [-0.2, 0) is 11.2 Å². The third-order valence-electron chi connectivity index (χ3n) is 3.19. The second-order valence-corrected chi connectivity index (χ2v) is 4.37. The molecule has 0 aromatic carbocycles. The number of hydrogen-bond acceptors (Lipinski definition) is 3. The topological polar surface area (TPSA) is 68.0 Å². The smallest absolute Gasteiger partial charge is 0.303 e. The molecule has 0 amide bonds. The van der Waals surface area contributed by atoms with Crippen LogP contribution in [0.4, 0.5) is 0 Å². The Balaban J connectivity index is 2.14. The van der Waals surface area contributed by atoms with Crippen LogP contribution >= 0.6 is 0 Å². The lowest BCUT2D eigenvalue weighted by atomic mass is 10.2. The summed E-state index contributed by atoms with van der Waals surface area (Å²) >= 11 is 0. The van der Waals surface area contributed by atoms with E-state index in [0.717, 1.165) is 11.6 Å². The van der Waals surface area contributed by atoms with Gasteiger partial charge in [-0.1, -0.05) is 12.8 Å². The molecule has 1 aliphatic carbocycles. The Bertz CT molecular complexity index is 381. The van der Waals surface area contributed by atoms with Gasteiger partial charge in [-0.3, -0.25) is 4.79 Å². The van der Waals surface area contributed by atoms with Crippen molar-refractivity contribution < 1.29 is 9.90 Å². The van der Waals surface area contributed by atoms with Crippen molar-refractivity contribution in [3.8, 4) is 0 Å². The predicted molar refractivity (Wildman–Crippen MR) is 58.2 cm³/mol. The Hall–Kier alpha value is -1.39. The van der Waals surface area contributed by atoms with Gasteiger partial charge in [0.1, 0.15) is 11.6 Å². The van der Waals surface area contributed by atoms with Crippen LogP contribution in [-0.4, -0.2) is 25.8 Å². The van der Waals surface area contributed by atoms with E-state index in [4.69, 9.17) is 5.11 Å². The summed E-state index contributed by atoms with van der Waals surface area (Å²) in [7, 11) is 0. The first kappa shape index (κ1) is 11.1. The van der Waals surface area contributed by atoms with Gasteiger partial charge in [0.15, 0.2) is 0 Å². The minimum atomic E-state index is -0.779. The highest BCUT2D eigenvalue weighted by atomic mass is 16.4. The molecule has 5 nitrogen and oxygen atoms in total. The molecule has 0 saturated heterocycles. The van der Waals surface area contributed by atoms with Crippen LogP contribution < -0.4 is 0 Å². The van der Waals surface area contributed by atoms with Crippen molar-refractivity contribution in [2.45, 2.75) is 51.5 Å². The van der Waals surface area contributed by atoms with Crippen molar-refractivity contribution in [3.63, 3.8) is 0 Å². The molecule has 1 aromatic heterocycles. The molecule has 0 aliphatic heterocycles. The average Bonchev–Trinajstić information content (AvgIpc) is 2.83. The van der Waals surface area contributed by atoms with Crippen LogP contribution in [0.2, 0.25) is 0 Å². The van der Waals surface area contributed by atoms with Crippen molar-refractivity contribution in [2.24, 2.45) is 0 Å². The van der Waals surface area contributed by atoms with Crippen LogP contribution in [0.5, 0.6) is 0 Å². The third-order valence-corrected chi connectivity index (χ3v) is 3.19. The number of hydrogen-bond donors (Lipinski definition) is 1. The minimum Gasteiger partial charge on any atom is -0.481 e. The predicted octanol–water partition coefficient (Wildman–Crippen LogP) is 1.72. The molecule has 16 heavy (non-hydrogen) atoms. The van der Waals surface area contributed by atoms with E-state index in [1.54, 1.807) is 0 Å². The van der Waals surface area contributed by atoms with Crippen LogP contribution in [0, 0.1) is 6.92 Å². The number of aliphatic carboxylic acids is 1. The van der Waals surface area contributed by atoms with Gasteiger partial charge in [0, 0.05) is 12.5 Å². The molecule has 1 N–H and O–H groups in total. The van der Waals surface area contributed by atoms with Crippen LogP contribution in [0.1, 0.15) is 49.8 Å². The van der Waals surface area contributed by atoms with Gasteiger partial charge in [-0.05, 0) is 19.8 Å². The standard InChI is InChI=1S/C11H17N3O2/c1-8-12-13-10(6-7-11(15)16)14(8)9-4-2-3-5-9/h9H,2-7H2,1H3,(H,15,16). The van der Waals surface area contributed by atoms with Gasteiger partial charge < -0.3 is 9.67 Å². The lowest BCUT2D eigenvalue weighted by Gasteiger charge is -2.15. The first-order chi connectivity index (χ1) is 7.68. The van der Waals surface area contributed by atoms with Crippen molar-refractivity contribution >= 4 is 5.97 Å². The summed E-state index contributed by atoms with van der Waals surface area (Å²) in [5, 5.41) is 16.8. The monoisotopic (exact) mass is 223 g/mol. The van der Waals surface area contributed by atoms with E-state index >= 15 is 0 Å². The molecule has 1 heterocycles. The van der Waals surface area contributed by atoms with Gasteiger partial charge in [0.25, 0.3) is 0 Å². The normalized spacial score (nSPS) is 16.8. The van der Waals surface area contributed by atoms with Gasteiger partial charge in [-0.2, -0.15) is 0 Å². The number of carbonyl (C=O) groups is 1. The molecule has 2 rings (SSSR count). The molecule has 1 aromatic rings. The van der Waals surface area contributed by atoms with Crippen LogP contribution in [0.3, 0.4) is 0 Å². The second kappa shape index (κ2) is 4.63.